The summed E-state index contributed by atoms with van der Waals surface area (Å²) in [5, 5.41) is 7.28. The van der Waals surface area contributed by atoms with Crippen LogP contribution in [-0.2, 0) is 19.0 Å². The lowest BCUT2D eigenvalue weighted by atomic mass is 10.8. The van der Waals surface area contributed by atoms with Gasteiger partial charge >= 0.3 is 6.16 Å². The number of hydrogen-bond acceptors (Lipinski definition) is 5. The Morgan fingerprint density at radius 1 is 1.42 bits per heavy atom. The Hall–Kier alpha value is -0.530. The van der Waals surface area contributed by atoms with Crippen molar-refractivity contribution in [2.24, 2.45) is 0 Å². The molecule has 0 atom stereocenters. The first kappa shape index (κ1) is 11.5. The molecule has 0 amide bonds. The molecule has 0 aromatic heterocycles. The van der Waals surface area contributed by atoms with E-state index in [4.69, 9.17) is 16.7 Å². The van der Waals surface area contributed by atoms with Crippen molar-refractivity contribution in [2.45, 2.75) is 0 Å². The average molecular weight is 219 g/mol. The van der Waals surface area contributed by atoms with Crippen molar-refractivity contribution in [1.29, 1.82) is 0 Å². The van der Waals surface area contributed by atoms with Crippen molar-refractivity contribution in [3.05, 3.63) is 0 Å². The van der Waals surface area contributed by atoms with Gasteiger partial charge in [-0.15, -0.1) is 11.6 Å². The van der Waals surface area contributed by atoms with Gasteiger partial charge in [-0.1, -0.05) is 0 Å². The Kier molecular flexibility index (Phi) is 4.95. The van der Waals surface area contributed by atoms with Crippen molar-refractivity contribution < 1.29 is 27.2 Å². The summed E-state index contributed by atoms with van der Waals surface area (Å²) >= 11 is 4.96. The van der Waals surface area contributed by atoms with Crippen LogP contribution in [0.5, 0.6) is 0 Å². The highest BCUT2D eigenvalue weighted by atomic mass is 35.5. The van der Waals surface area contributed by atoms with Gasteiger partial charge in [-0.3, -0.25) is 4.18 Å². The molecule has 0 unspecified atom stereocenters. The first-order valence-electron chi connectivity index (χ1n) is 2.77. The van der Waals surface area contributed by atoms with Gasteiger partial charge in [0.2, 0.25) is 0 Å². The summed E-state index contributed by atoms with van der Waals surface area (Å²) in [5.74, 6) is 0. The number of alkyl halides is 1. The van der Waals surface area contributed by atoms with Crippen LogP contribution in [0.3, 0.4) is 0 Å². The van der Waals surface area contributed by atoms with E-state index in [-0.39, 0.29) is 13.2 Å². The van der Waals surface area contributed by atoms with Crippen molar-refractivity contribution in [1.82, 2.24) is 0 Å². The molecule has 0 saturated carbocycles. The highest BCUT2D eigenvalue weighted by molar-refractivity contribution is 7.87. The largest absolute Gasteiger partial charge is 0.505 e. The molecule has 72 valence electrons. The normalized spacial score (nSPS) is 11.1. The quantitative estimate of drug-likeness (QED) is 0.307. The Morgan fingerprint density at radius 2 is 2.00 bits per heavy atom. The Balaban J connectivity index is 3.51. The molecule has 1 N–H and O–H groups in total. The Labute approximate surface area is 74.2 Å². The van der Waals surface area contributed by atoms with Crippen LogP contribution < -0.4 is 0 Å². The molecule has 0 bridgehead atoms. The fourth-order valence-electron chi connectivity index (χ4n) is 0.321. The molecule has 0 saturated heterocycles. The minimum absolute atomic E-state index is 0.342. The van der Waals surface area contributed by atoms with Gasteiger partial charge in [0.25, 0.3) is 10.1 Å². The van der Waals surface area contributed by atoms with E-state index in [1.807, 2.05) is 0 Å². The topological polar surface area (TPSA) is 89.9 Å². The van der Waals surface area contributed by atoms with Gasteiger partial charge in [-0.25, -0.2) is 4.79 Å². The number of ether oxygens (including phenoxy) is 1. The molecule has 0 heterocycles. The van der Waals surface area contributed by atoms with Crippen LogP contribution in [0.25, 0.3) is 0 Å². The van der Waals surface area contributed by atoms with Crippen LogP contribution in [0.1, 0.15) is 0 Å². The molecule has 0 aliphatic heterocycles. The summed E-state index contributed by atoms with van der Waals surface area (Å²) in [6, 6.07) is 0. The summed E-state index contributed by atoms with van der Waals surface area (Å²) < 4.78 is 29.1. The third kappa shape index (κ3) is 6.20. The third-order valence-corrected chi connectivity index (χ3v) is 2.30. The van der Waals surface area contributed by atoms with Crippen molar-refractivity contribution in [3.8, 4) is 0 Å². The molecule has 0 aromatic carbocycles. The van der Waals surface area contributed by atoms with Crippen LogP contribution in [0.15, 0.2) is 0 Å². The SMILES string of the molecule is O=C(O)OCCOS(=O)(=O)CCl. The fraction of sp³-hybridized carbons (Fsp3) is 0.750. The number of rotatable bonds is 5. The summed E-state index contributed by atoms with van der Waals surface area (Å²) in [6.07, 6.45) is -1.48. The summed E-state index contributed by atoms with van der Waals surface area (Å²) in [5.41, 5.74) is 0. The fourth-order valence-corrected chi connectivity index (χ4v) is 0.895. The molecular formula is C4H7ClO6S. The van der Waals surface area contributed by atoms with E-state index in [2.05, 4.69) is 8.92 Å². The zero-order valence-corrected chi connectivity index (χ0v) is 7.47. The number of carboxylic acid groups (broad SMARTS) is 1. The van der Waals surface area contributed by atoms with Gasteiger partial charge in [-0.2, -0.15) is 8.42 Å². The third-order valence-electron chi connectivity index (χ3n) is 0.705. The smallest absolute Gasteiger partial charge is 0.450 e. The van der Waals surface area contributed by atoms with E-state index < -0.39 is 21.5 Å². The lowest BCUT2D eigenvalue weighted by Crippen LogP contribution is -2.13. The second kappa shape index (κ2) is 5.18. The zero-order chi connectivity index (χ0) is 9.61. The van der Waals surface area contributed by atoms with Crippen LogP contribution in [-0.4, -0.2) is 38.1 Å². The van der Waals surface area contributed by atoms with Crippen molar-refractivity contribution in [2.75, 3.05) is 18.4 Å². The molecule has 0 fully saturated rings. The van der Waals surface area contributed by atoms with E-state index in [0.717, 1.165) is 0 Å². The van der Waals surface area contributed by atoms with Crippen LogP contribution in [0.4, 0.5) is 4.79 Å². The Bertz CT molecular complexity index is 234. The predicted octanol–water partition coefficient (Wildman–Crippen LogP) is 0.224. The van der Waals surface area contributed by atoms with E-state index in [0.29, 0.717) is 0 Å². The summed E-state index contributed by atoms with van der Waals surface area (Å²) in [4.78, 5) is 9.74. The van der Waals surface area contributed by atoms with Crippen molar-refractivity contribution >= 4 is 27.9 Å². The maximum Gasteiger partial charge on any atom is 0.505 e. The molecule has 0 rings (SSSR count). The molecule has 0 aliphatic carbocycles. The van der Waals surface area contributed by atoms with Crippen LogP contribution in [0, 0.1) is 0 Å². The lowest BCUT2D eigenvalue weighted by molar-refractivity contribution is 0.0789. The molecule has 0 aliphatic rings. The first-order valence-corrected chi connectivity index (χ1v) is 4.88. The van der Waals surface area contributed by atoms with Gasteiger partial charge in [0, 0.05) is 0 Å². The van der Waals surface area contributed by atoms with Gasteiger partial charge in [0.1, 0.15) is 18.4 Å². The molecule has 12 heavy (non-hydrogen) atoms. The number of hydrogen-bond donors (Lipinski definition) is 1. The minimum atomic E-state index is -3.72. The maximum atomic E-state index is 10.5. The zero-order valence-electron chi connectivity index (χ0n) is 5.90. The first-order chi connectivity index (χ1) is 5.48. The summed E-state index contributed by atoms with van der Waals surface area (Å²) in [6.45, 7) is -0.702. The van der Waals surface area contributed by atoms with Gasteiger partial charge in [0.05, 0.1) is 0 Å². The lowest BCUT2D eigenvalue weighted by Gasteiger charge is -2.01. The maximum absolute atomic E-state index is 10.5. The van der Waals surface area contributed by atoms with Crippen LogP contribution in [0.2, 0.25) is 0 Å². The molecule has 0 spiro atoms. The molecular weight excluding hydrogens is 212 g/mol. The molecule has 8 heteroatoms. The Morgan fingerprint density at radius 3 is 2.42 bits per heavy atom. The van der Waals surface area contributed by atoms with E-state index in [9.17, 15) is 13.2 Å². The molecule has 0 radical (unpaired) electrons. The van der Waals surface area contributed by atoms with Gasteiger partial charge < -0.3 is 9.84 Å². The highest BCUT2D eigenvalue weighted by Crippen LogP contribution is 1.95. The minimum Gasteiger partial charge on any atom is -0.450 e. The standard InChI is InChI=1S/C4H7ClO6S/c5-3-12(8,9)11-2-1-10-4(6)7/h1-3H2,(H,6,7). The van der Waals surface area contributed by atoms with E-state index in [1.54, 1.807) is 0 Å². The molecule has 0 aromatic rings. The predicted molar refractivity (Wildman–Crippen MR) is 39.6 cm³/mol. The van der Waals surface area contributed by atoms with Gasteiger partial charge in [0.15, 0.2) is 0 Å². The van der Waals surface area contributed by atoms with E-state index >= 15 is 0 Å². The number of carbonyl (C=O) groups is 1. The molecule has 6 nitrogen and oxygen atoms in total. The second-order valence-electron chi connectivity index (χ2n) is 1.60. The average Bonchev–Trinajstić information content (AvgIpc) is 1.98. The monoisotopic (exact) mass is 218 g/mol. The second-order valence-corrected chi connectivity index (χ2v) is 3.83. The van der Waals surface area contributed by atoms with Crippen molar-refractivity contribution in [3.63, 3.8) is 0 Å². The van der Waals surface area contributed by atoms with Crippen LogP contribution >= 0.6 is 11.6 Å². The summed E-state index contributed by atoms with van der Waals surface area (Å²) in [7, 11) is -3.72. The number of halogens is 1. The van der Waals surface area contributed by atoms with Gasteiger partial charge in [-0.05, 0) is 0 Å². The highest BCUT2D eigenvalue weighted by Gasteiger charge is 2.08. The van der Waals surface area contributed by atoms with E-state index in [1.165, 1.54) is 0 Å².